The van der Waals surface area contributed by atoms with Crippen LogP contribution in [0.15, 0.2) is 30.3 Å². The predicted octanol–water partition coefficient (Wildman–Crippen LogP) is 0.178. The molecule has 0 aliphatic carbocycles. The molecule has 6 unspecified atom stereocenters. The number of hydrogen-bond donors (Lipinski definition) is 6. The zero-order valence-electron chi connectivity index (χ0n) is 20.4. The summed E-state index contributed by atoms with van der Waals surface area (Å²) in [5.41, 5.74) is 6.83. The zero-order valence-corrected chi connectivity index (χ0v) is 20.4. The fourth-order valence-corrected chi connectivity index (χ4v) is 3.26. The van der Waals surface area contributed by atoms with Crippen LogP contribution in [-0.4, -0.2) is 64.2 Å². The van der Waals surface area contributed by atoms with Crippen molar-refractivity contribution in [2.75, 3.05) is 0 Å². The maximum Gasteiger partial charge on any atom is 0.328 e. The molecule has 3 amide bonds. The second-order valence-electron chi connectivity index (χ2n) is 8.96. The summed E-state index contributed by atoms with van der Waals surface area (Å²) in [4.78, 5) is 50.0. The van der Waals surface area contributed by atoms with Crippen molar-refractivity contribution in [3.8, 4) is 0 Å². The van der Waals surface area contributed by atoms with E-state index in [4.69, 9.17) is 5.73 Å². The topological polar surface area (TPSA) is 171 Å². The summed E-state index contributed by atoms with van der Waals surface area (Å²) in [5, 5.41) is 26.5. The van der Waals surface area contributed by atoms with E-state index in [1.807, 2.05) is 44.2 Å². The first-order chi connectivity index (χ1) is 15.9. The van der Waals surface area contributed by atoms with Gasteiger partial charge in [-0.2, -0.15) is 0 Å². The molecule has 10 nitrogen and oxygen atoms in total. The number of rotatable bonds is 13. The Morgan fingerprint density at radius 3 is 1.91 bits per heavy atom. The summed E-state index contributed by atoms with van der Waals surface area (Å²) in [6, 6.07) is 4.64. The molecule has 1 rings (SSSR count). The molecule has 0 spiro atoms. The van der Waals surface area contributed by atoms with Gasteiger partial charge in [0, 0.05) is 6.42 Å². The highest BCUT2D eigenvalue weighted by Gasteiger charge is 2.33. The van der Waals surface area contributed by atoms with Crippen molar-refractivity contribution >= 4 is 23.7 Å². The third-order valence-electron chi connectivity index (χ3n) is 5.77. The standard InChI is InChI=1S/C24H38N4O6/c1-6-14(4)18(25)22(31)26-17(12-16-10-8-7-9-11-16)21(30)27-19(13(2)3)23(32)28-20(15(5)29)24(33)34/h7-11,13-15,17-20,29H,6,12,25H2,1-5H3,(H,26,31)(H,27,30)(H,28,32)(H,33,34). The highest BCUT2D eigenvalue weighted by atomic mass is 16.4. The molecular weight excluding hydrogens is 440 g/mol. The Bertz CT molecular complexity index is 830. The summed E-state index contributed by atoms with van der Waals surface area (Å²) in [7, 11) is 0. The van der Waals surface area contributed by atoms with Gasteiger partial charge in [0.25, 0.3) is 0 Å². The molecule has 6 atom stereocenters. The van der Waals surface area contributed by atoms with Gasteiger partial charge in [-0.15, -0.1) is 0 Å². The Hall–Kier alpha value is -2.98. The van der Waals surface area contributed by atoms with Crippen molar-refractivity contribution in [1.29, 1.82) is 0 Å². The maximum absolute atomic E-state index is 13.2. The van der Waals surface area contributed by atoms with Crippen molar-refractivity contribution in [1.82, 2.24) is 16.0 Å². The normalized spacial score (nSPS) is 16.5. The lowest BCUT2D eigenvalue weighted by Crippen LogP contribution is -2.60. The van der Waals surface area contributed by atoms with Crippen LogP contribution in [-0.2, 0) is 25.6 Å². The zero-order chi connectivity index (χ0) is 26.0. The fourth-order valence-electron chi connectivity index (χ4n) is 3.26. The van der Waals surface area contributed by atoms with Crippen molar-refractivity contribution in [2.24, 2.45) is 17.6 Å². The first-order valence-electron chi connectivity index (χ1n) is 11.5. The first-order valence-corrected chi connectivity index (χ1v) is 11.5. The molecule has 0 saturated carbocycles. The van der Waals surface area contributed by atoms with Crippen LogP contribution in [0.4, 0.5) is 0 Å². The number of hydrogen-bond acceptors (Lipinski definition) is 6. The van der Waals surface area contributed by atoms with Crippen LogP contribution in [0.2, 0.25) is 0 Å². The summed E-state index contributed by atoms with van der Waals surface area (Å²) >= 11 is 0. The molecule has 0 aliphatic heterocycles. The van der Waals surface area contributed by atoms with Gasteiger partial charge in [-0.1, -0.05) is 64.4 Å². The molecule has 1 aromatic rings. The number of carbonyl (C=O) groups is 4. The van der Waals surface area contributed by atoms with E-state index in [1.165, 1.54) is 6.92 Å². The highest BCUT2D eigenvalue weighted by molar-refractivity contribution is 5.94. The largest absolute Gasteiger partial charge is 0.480 e. The number of benzene rings is 1. The number of nitrogens with one attached hydrogen (secondary N) is 3. The smallest absolute Gasteiger partial charge is 0.328 e. The van der Waals surface area contributed by atoms with Gasteiger partial charge >= 0.3 is 5.97 Å². The quantitative estimate of drug-likeness (QED) is 0.235. The molecular formula is C24H38N4O6. The lowest BCUT2D eigenvalue weighted by Gasteiger charge is -2.28. The van der Waals surface area contributed by atoms with Crippen LogP contribution < -0.4 is 21.7 Å². The molecule has 10 heteroatoms. The van der Waals surface area contributed by atoms with Crippen LogP contribution in [0.25, 0.3) is 0 Å². The number of aliphatic carboxylic acids is 1. The number of nitrogens with two attached hydrogens (primary N) is 1. The van der Waals surface area contributed by atoms with Crippen molar-refractivity contribution in [2.45, 2.75) is 77.7 Å². The molecule has 0 aliphatic rings. The summed E-state index contributed by atoms with van der Waals surface area (Å²) in [5.74, 6) is -3.73. The van der Waals surface area contributed by atoms with Crippen LogP contribution >= 0.6 is 0 Å². The number of amides is 3. The monoisotopic (exact) mass is 478 g/mol. The molecule has 0 heterocycles. The molecule has 0 fully saturated rings. The van der Waals surface area contributed by atoms with Gasteiger partial charge in [0.05, 0.1) is 12.1 Å². The van der Waals surface area contributed by atoms with Gasteiger partial charge in [-0.05, 0) is 24.3 Å². The fraction of sp³-hybridized carbons (Fsp3) is 0.583. The Kier molecular flexibility index (Phi) is 11.7. The number of aliphatic hydroxyl groups excluding tert-OH is 1. The van der Waals surface area contributed by atoms with E-state index in [2.05, 4.69) is 16.0 Å². The Balaban J connectivity index is 3.09. The third kappa shape index (κ3) is 8.75. The van der Waals surface area contributed by atoms with Crippen LogP contribution in [0.3, 0.4) is 0 Å². The molecule has 34 heavy (non-hydrogen) atoms. The van der Waals surface area contributed by atoms with Crippen LogP contribution in [0, 0.1) is 11.8 Å². The van der Waals surface area contributed by atoms with Gasteiger partial charge in [0.15, 0.2) is 6.04 Å². The average Bonchev–Trinajstić information content (AvgIpc) is 2.78. The Labute approximate surface area is 200 Å². The minimum Gasteiger partial charge on any atom is -0.480 e. The minimum absolute atomic E-state index is 0.0944. The van der Waals surface area contributed by atoms with E-state index in [1.54, 1.807) is 13.8 Å². The van der Waals surface area contributed by atoms with Gasteiger partial charge < -0.3 is 31.9 Å². The van der Waals surface area contributed by atoms with Gasteiger partial charge in [-0.25, -0.2) is 4.79 Å². The second kappa shape index (κ2) is 13.7. The molecule has 0 bridgehead atoms. The molecule has 0 radical (unpaired) electrons. The van der Waals surface area contributed by atoms with E-state index in [0.717, 1.165) is 5.56 Å². The van der Waals surface area contributed by atoms with E-state index >= 15 is 0 Å². The van der Waals surface area contributed by atoms with Gasteiger partial charge in [-0.3, -0.25) is 14.4 Å². The van der Waals surface area contributed by atoms with Gasteiger partial charge in [0.2, 0.25) is 17.7 Å². The van der Waals surface area contributed by atoms with E-state index in [-0.39, 0.29) is 12.3 Å². The third-order valence-corrected chi connectivity index (χ3v) is 5.77. The lowest BCUT2D eigenvalue weighted by molar-refractivity contribution is -0.145. The second-order valence-corrected chi connectivity index (χ2v) is 8.96. The Morgan fingerprint density at radius 2 is 1.44 bits per heavy atom. The number of carbonyl (C=O) groups excluding carboxylic acids is 3. The summed E-state index contributed by atoms with van der Waals surface area (Å²) in [6.07, 6.45) is -0.478. The molecule has 0 aromatic heterocycles. The van der Waals surface area contributed by atoms with Crippen molar-refractivity contribution in [3.63, 3.8) is 0 Å². The van der Waals surface area contributed by atoms with Crippen LogP contribution in [0.1, 0.15) is 46.6 Å². The SMILES string of the molecule is CCC(C)C(N)C(=O)NC(Cc1ccccc1)C(=O)NC(C(=O)NC(C(=O)O)C(C)O)C(C)C. The van der Waals surface area contributed by atoms with E-state index < -0.39 is 59.9 Å². The average molecular weight is 479 g/mol. The predicted molar refractivity (Wildman–Crippen MR) is 128 cm³/mol. The number of carboxylic acid groups (broad SMARTS) is 1. The van der Waals surface area contributed by atoms with E-state index in [0.29, 0.717) is 6.42 Å². The molecule has 1 aromatic carbocycles. The molecule has 0 saturated heterocycles. The first kappa shape index (κ1) is 29.1. The number of carboxylic acids is 1. The molecule has 7 N–H and O–H groups in total. The summed E-state index contributed by atoms with van der Waals surface area (Å²) in [6.45, 7) is 8.37. The highest BCUT2D eigenvalue weighted by Crippen LogP contribution is 2.10. The lowest BCUT2D eigenvalue weighted by atomic mass is 9.97. The van der Waals surface area contributed by atoms with Crippen molar-refractivity contribution in [3.05, 3.63) is 35.9 Å². The Morgan fingerprint density at radius 1 is 0.882 bits per heavy atom. The van der Waals surface area contributed by atoms with E-state index in [9.17, 15) is 29.4 Å². The maximum atomic E-state index is 13.2. The minimum atomic E-state index is -1.53. The van der Waals surface area contributed by atoms with Crippen LogP contribution in [0.5, 0.6) is 0 Å². The van der Waals surface area contributed by atoms with Gasteiger partial charge in [0.1, 0.15) is 12.1 Å². The molecule has 190 valence electrons. The summed E-state index contributed by atoms with van der Waals surface area (Å²) < 4.78 is 0. The van der Waals surface area contributed by atoms with Crippen molar-refractivity contribution < 1.29 is 29.4 Å². The number of aliphatic hydroxyl groups is 1.